The molecule has 2 heterocycles. The monoisotopic (exact) mass is 239 g/mol. The number of rotatable bonds is 4. The van der Waals surface area contributed by atoms with Gasteiger partial charge in [-0.1, -0.05) is 6.92 Å². The average Bonchev–Trinajstić information content (AvgIpc) is 2.81. The Hall–Kier alpha value is -1.14. The molecule has 1 saturated heterocycles. The van der Waals surface area contributed by atoms with E-state index in [1.807, 2.05) is 0 Å². The fourth-order valence-electron chi connectivity index (χ4n) is 1.97. The zero-order valence-corrected chi connectivity index (χ0v) is 10.6. The van der Waals surface area contributed by atoms with E-state index < -0.39 is 0 Å². The van der Waals surface area contributed by atoms with E-state index in [0.717, 1.165) is 32.6 Å². The summed E-state index contributed by atoms with van der Waals surface area (Å²) in [5, 5.41) is 4.05. The summed E-state index contributed by atoms with van der Waals surface area (Å²) in [6.45, 7) is 6.62. The number of aromatic nitrogens is 2. The molecular formula is C11H21N5O. The SMILES string of the molecule is CCC(CN)c1nc(N2CCN(C)CC2)no1. The minimum absolute atomic E-state index is 0.184. The second kappa shape index (κ2) is 5.46. The number of likely N-dealkylation sites (N-methyl/N-ethyl adjacent to an activating group) is 1. The molecule has 1 fully saturated rings. The number of nitrogens with two attached hydrogens (primary N) is 1. The molecule has 2 N–H and O–H groups in total. The van der Waals surface area contributed by atoms with Crippen molar-refractivity contribution in [3.05, 3.63) is 5.89 Å². The summed E-state index contributed by atoms with van der Waals surface area (Å²) in [5.74, 6) is 1.56. The van der Waals surface area contributed by atoms with Gasteiger partial charge in [0, 0.05) is 32.7 Å². The highest BCUT2D eigenvalue weighted by Crippen LogP contribution is 2.19. The average molecular weight is 239 g/mol. The first-order chi connectivity index (χ1) is 8.24. The minimum atomic E-state index is 0.184. The summed E-state index contributed by atoms with van der Waals surface area (Å²) in [4.78, 5) is 8.91. The molecule has 0 radical (unpaired) electrons. The number of hydrogen-bond acceptors (Lipinski definition) is 6. The Morgan fingerprint density at radius 1 is 1.35 bits per heavy atom. The van der Waals surface area contributed by atoms with Crippen molar-refractivity contribution < 1.29 is 4.52 Å². The van der Waals surface area contributed by atoms with Gasteiger partial charge in [0.15, 0.2) is 0 Å². The van der Waals surface area contributed by atoms with Crippen LogP contribution in [-0.4, -0.2) is 54.8 Å². The molecule has 6 nitrogen and oxygen atoms in total. The van der Waals surface area contributed by atoms with Gasteiger partial charge in [0.1, 0.15) is 0 Å². The van der Waals surface area contributed by atoms with E-state index in [2.05, 4.69) is 33.9 Å². The van der Waals surface area contributed by atoms with Gasteiger partial charge in [-0.25, -0.2) is 0 Å². The fourth-order valence-corrected chi connectivity index (χ4v) is 1.97. The van der Waals surface area contributed by atoms with Gasteiger partial charge in [0.25, 0.3) is 5.95 Å². The maximum absolute atomic E-state index is 5.67. The largest absolute Gasteiger partial charge is 0.337 e. The molecule has 0 amide bonds. The highest BCUT2D eigenvalue weighted by Gasteiger charge is 2.21. The van der Waals surface area contributed by atoms with Crippen molar-refractivity contribution in [2.24, 2.45) is 5.73 Å². The molecule has 0 saturated carbocycles. The molecule has 0 spiro atoms. The number of anilines is 1. The van der Waals surface area contributed by atoms with Crippen LogP contribution >= 0.6 is 0 Å². The first kappa shape index (κ1) is 12.3. The van der Waals surface area contributed by atoms with Crippen LogP contribution in [0.3, 0.4) is 0 Å². The van der Waals surface area contributed by atoms with E-state index in [4.69, 9.17) is 10.3 Å². The smallest absolute Gasteiger partial charge is 0.266 e. The maximum atomic E-state index is 5.67. The van der Waals surface area contributed by atoms with Gasteiger partial charge in [-0.15, -0.1) is 0 Å². The molecule has 2 rings (SSSR count). The van der Waals surface area contributed by atoms with Crippen molar-refractivity contribution in [2.75, 3.05) is 44.7 Å². The van der Waals surface area contributed by atoms with E-state index in [9.17, 15) is 0 Å². The topological polar surface area (TPSA) is 71.4 Å². The van der Waals surface area contributed by atoms with Crippen molar-refractivity contribution >= 4 is 5.95 Å². The first-order valence-electron chi connectivity index (χ1n) is 6.21. The third kappa shape index (κ3) is 2.76. The summed E-state index contributed by atoms with van der Waals surface area (Å²) >= 11 is 0. The zero-order valence-electron chi connectivity index (χ0n) is 10.6. The van der Waals surface area contributed by atoms with Crippen LogP contribution < -0.4 is 10.6 Å². The Labute approximate surface area is 102 Å². The Bertz CT molecular complexity index is 341. The normalized spacial score (nSPS) is 19.6. The van der Waals surface area contributed by atoms with Gasteiger partial charge in [-0.05, 0) is 18.6 Å². The number of nitrogens with zero attached hydrogens (tertiary/aromatic N) is 4. The molecule has 0 bridgehead atoms. The van der Waals surface area contributed by atoms with Crippen molar-refractivity contribution in [1.29, 1.82) is 0 Å². The van der Waals surface area contributed by atoms with Crippen LogP contribution in [0.1, 0.15) is 25.2 Å². The minimum Gasteiger partial charge on any atom is -0.337 e. The Morgan fingerprint density at radius 2 is 2.06 bits per heavy atom. The molecule has 1 aliphatic rings. The third-order valence-corrected chi connectivity index (χ3v) is 3.34. The Morgan fingerprint density at radius 3 is 2.65 bits per heavy atom. The first-order valence-corrected chi connectivity index (χ1v) is 6.21. The molecule has 0 aromatic carbocycles. The molecule has 1 aromatic rings. The lowest BCUT2D eigenvalue weighted by atomic mass is 10.1. The van der Waals surface area contributed by atoms with Crippen LogP contribution in [0.2, 0.25) is 0 Å². The maximum Gasteiger partial charge on any atom is 0.266 e. The van der Waals surface area contributed by atoms with Gasteiger partial charge in [0.2, 0.25) is 5.89 Å². The van der Waals surface area contributed by atoms with Crippen molar-refractivity contribution in [2.45, 2.75) is 19.3 Å². The van der Waals surface area contributed by atoms with E-state index in [-0.39, 0.29) is 5.92 Å². The van der Waals surface area contributed by atoms with Crippen LogP contribution in [0.4, 0.5) is 5.95 Å². The van der Waals surface area contributed by atoms with E-state index in [1.165, 1.54) is 0 Å². The predicted molar refractivity (Wildman–Crippen MR) is 66.1 cm³/mol. The van der Waals surface area contributed by atoms with Crippen LogP contribution in [0.25, 0.3) is 0 Å². The van der Waals surface area contributed by atoms with Gasteiger partial charge in [0.05, 0.1) is 5.92 Å². The van der Waals surface area contributed by atoms with Crippen molar-refractivity contribution in [3.8, 4) is 0 Å². The summed E-state index contributed by atoms with van der Waals surface area (Å²) in [7, 11) is 2.13. The van der Waals surface area contributed by atoms with Gasteiger partial charge < -0.3 is 20.1 Å². The van der Waals surface area contributed by atoms with E-state index in [1.54, 1.807) is 0 Å². The summed E-state index contributed by atoms with van der Waals surface area (Å²) in [5.41, 5.74) is 5.67. The van der Waals surface area contributed by atoms with Crippen LogP contribution in [0, 0.1) is 0 Å². The second-order valence-corrected chi connectivity index (χ2v) is 4.56. The van der Waals surface area contributed by atoms with E-state index in [0.29, 0.717) is 18.4 Å². The van der Waals surface area contributed by atoms with Gasteiger partial charge in [-0.3, -0.25) is 0 Å². The molecule has 1 aromatic heterocycles. The molecule has 96 valence electrons. The summed E-state index contributed by atoms with van der Waals surface area (Å²) in [6, 6.07) is 0. The fraction of sp³-hybridized carbons (Fsp3) is 0.818. The quantitative estimate of drug-likeness (QED) is 0.813. The molecular weight excluding hydrogens is 218 g/mol. The molecule has 17 heavy (non-hydrogen) atoms. The van der Waals surface area contributed by atoms with Crippen LogP contribution in [-0.2, 0) is 0 Å². The van der Waals surface area contributed by atoms with Crippen molar-refractivity contribution in [1.82, 2.24) is 15.0 Å². The number of hydrogen-bond donors (Lipinski definition) is 1. The van der Waals surface area contributed by atoms with Gasteiger partial charge in [-0.2, -0.15) is 4.98 Å². The van der Waals surface area contributed by atoms with Crippen molar-refractivity contribution in [3.63, 3.8) is 0 Å². The Kier molecular flexibility index (Phi) is 3.96. The molecule has 1 unspecified atom stereocenters. The molecule has 0 aliphatic carbocycles. The number of piperazine rings is 1. The standard InChI is InChI=1S/C11H21N5O/c1-3-9(8-12)10-13-11(14-17-10)16-6-4-15(2)5-7-16/h9H,3-8,12H2,1-2H3. The highest BCUT2D eigenvalue weighted by atomic mass is 16.5. The molecule has 1 atom stereocenters. The Balaban J connectivity index is 2.02. The lowest BCUT2D eigenvalue weighted by molar-refractivity contribution is 0.308. The third-order valence-electron chi connectivity index (χ3n) is 3.34. The van der Waals surface area contributed by atoms with Gasteiger partial charge >= 0.3 is 0 Å². The van der Waals surface area contributed by atoms with Crippen LogP contribution in [0.15, 0.2) is 4.52 Å². The lowest BCUT2D eigenvalue weighted by Crippen LogP contribution is -2.44. The van der Waals surface area contributed by atoms with E-state index >= 15 is 0 Å². The molecule has 6 heteroatoms. The summed E-state index contributed by atoms with van der Waals surface area (Å²) < 4.78 is 5.29. The predicted octanol–water partition coefficient (Wildman–Crippen LogP) is 0.274. The zero-order chi connectivity index (χ0) is 12.3. The van der Waals surface area contributed by atoms with Crippen LogP contribution in [0.5, 0.6) is 0 Å². The second-order valence-electron chi connectivity index (χ2n) is 4.56. The lowest BCUT2D eigenvalue weighted by Gasteiger charge is -2.31. The highest BCUT2D eigenvalue weighted by molar-refractivity contribution is 5.29. The molecule has 1 aliphatic heterocycles. The summed E-state index contributed by atoms with van der Waals surface area (Å²) in [6.07, 6.45) is 0.931.